The van der Waals surface area contributed by atoms with Gasteiger partial charge in [-0.05, 0) is 35.9 Å². The van der Waals surface area contributed by atoms with Crippen molar-refractivity contribution >= 4 is 23.2 Å². The Bertz CT molecular complexity index is 863. The van der Waals surface area contributed by atoms with Crippen LogP contribution < -0.4 is 0 Å². The third-order valence-corrected chi connectivity index (χ3v) is 5.82. The fourth-order valence-electron chi connectivity index (χ4n) is 3.58. The van der Waals surface area contributed by atoms with E-state index in [4.69, 9.17) is 19.4 Å². The molecule has 7 nitrogen and oxygen atoms in total. The molecule has 1 saturated heterocycles. The van der Waals surface area contributed by atoms with Gasteiger partial charge in [0.25, 0.3) is 5.91 Å². The first-order valence-electron chi connectivity index (χ1n) is 9.54. The van der Waals surface area contributed by atoms with Gasteiger partial charge in [-0.3, -0.25) is 9.78 Å². The van der Waals surface area contributed by atoms with Gasteiger partial charge in [-0.15, -0.1) is 11.3 Å². The second-order valence-corrected chi connectivity index (χ2v) is 7.92. The van der Waals surface area contributed by atoms with E-state index in [0.717, 1.165) is 23.3 Å². The van der Waals surface area contributed by atoms with E-state index in [-0.39, 0.29) is 24.2 Å². The maximum atomic E-state index is 12.8. The molecule has 2 aliphatic rings. The van der Waals surface area contributed by atoms with E-state index >= 15 is 0 Å². The molecule has 3 heterocycles. The Labute approximate surface area is 180 Å². The zero-order chi connectivity index (χ0) is 22.4. The fourth-order valence-corrected chi connectivity index (χ4v) is 4.26. The monoisotopic (exact) mass is 458 g/mol. The summed E-state index contributed by atoms with van der Waals surface area (Å²) >= 11 is 1.49. The number of ether oxygens (including phenoxy) is 2. The lowest BCUT2D eigenvalue weighted by Crippen LogP contribution is -2.46. The van der Waals surface area contributed by atoms with Crippen LogP contribution in [0.25, 0.3) is 0 Å². The summed E-state index contributed by atoms with van der Waals surface area (Å²) in [6.45, 7) is 1.70. The highest BCUT2D eigenvalue weighted by Gasteiger charge is 2.45. The molecule has 1 aliphatic heterocycles. The van der Waals surface area contributed by atoms with Crippen molar-refractivity contribution in [1.82, 2.24) is 9.88 Å². The minimum absolute atomic E-state index is 0.0726. The summed E-state index contributed by atoms with van der Waals surface area (Å²) in [5, 5.41) is 9.06. The first-order chi connectivity index (χ1) is 14.8. The number of amides is 1. The largest absolute Gasteiger partial charge is 0.490 e. The van der Waals surface area contributed by atoms with Gasteiger partial charge in [0.05, 0.1) is 30.2 Å². The van der Waals surface area contributed by atoms with Crippen LogP contribution in [0.1, 0.15) is 28.1 Å². The molecule has 3 unspecified atom stereocenters. The number of carboxylic acids is 1. The molecule has 11 heteroatoms. The summed E-state index contributed by atoms with van der Waals surface area (Å²) < 4.78 is 43.9. The first kappa shape index (κ1) is 23.2. The molecule has 2 aromatic rings. The van der Waals surface area contributed by atoms with Crippen LogP contribution in [0.5, 0.6) is 0 Å². The van der Waals surface area contributed by atoms with Crippen LogP contribution in [-0.4, -0.2) is 64.4 Å². The summed E-state index contributed by atoms with van der Waals surface area (Å²) in [7, 11) is 0. The topological polar surface area (TPSA) is 89.0 Å². The predicted molar refractivity (Wildman–Crippen MR) is 105 cm³/mol. The number of pyridine rings is 1. The second-order valence-electron chi connectivity index (χ2n) is 6.97. The van der Waals surface area contributed by atoms with Gasteiger partial charge in [-0.2, -0.15) is 13.2 Å². The zero-order valence-electron chi connectivity index (χ0n) is 16.3. The molecule has 1 N–H and O–H groups in total. The average Bonchev–Trinajstić information content (AvgIpc) is 3.35. The van der Waals surface area contributed by atoms with Crippen LogP contribution in [-0.2, 0) is 20.9 Å². The lowest BCUT2D eigenvalue weighted by Gasteiger charge is -2.31. The van der Waals surface area contributed by atoms with Gasteiger partial charge in [0.15, 0.2) is 0 Å². The quantitative estimate of drug-likeness (QED) is 0.756. The Morgan fingerprint density at radius 1 is 1.29 bits per heavy atom. The van der Waals surface area contributed by atoms with Crippen LogP contribution >= 0.6 is 11.3 Å². The number of hydrogen-bond acceptors (Lipinski definition) is 6. The molecule has 4 rings (SSSR count). The van der Waals surface area contributed by atoms with Crippen molar-refractivity contribution in [1.29, 1.82) is 0 Å². The molecule has 2 fully saturated rings. The number of rotatable bonds is 4. The minimum Gasteiger partial charge on any atom is -0.475 e. The summed E-state index contributed by atoms with van der Waals surface area (Å²) in [4.78, 5) is 28.6. The van der Waals surface area contributed by atoms with E-state index in [1.807, 2.05) is 40.7 Å². The van der Waals surface area contributed by atoms with Crippen molar-refractivity contribution in [3.8, 4) is 0 Å². The lowest BCUT2D eigenvalue weighted by atomic mass is 10.1. The van der Waals surface area contributed by atoms with E-state index in [9.17, 15) is 18.0 Å². The van der Waals surface area contributed by atoms with Gasteiger partial charge in [0.2, 0.25) is 0 Å². The van der Waals surface area contributed by atoms with Gasteiger partial charge in [-0.1, -0.05) is 12.1 Å². The Hall–Kier alpha value is -2.50. The molecular formula is C20H21F3N2O5S. The van der Waals surface area contributed by atoms with Crippen molar-refractivity contribution in [2.45, 2.75) is 43.9 Å². The van der Waals surface area contributed by atoms with Gasteiger partial charge >= 0.3 is 12.1 Å². The third-order valence-electron chi connectivity index (χ3n) is 4.96. The minimum atomic E-state index is -5.08. The van der Waals surface area contributed by atoms with Crippen LogP contribution in [0, 0.1) is 0 Å². The van der Waals surface area contributed by atoms with Crippen molar-refractivity contribution in [3.63, 3.8) is 0 Å². The standard InChI is InChI=1S/C18H20N2O3S.C2HF3O2/c21-18(16-4-2-10-24-16)20-8-9-22-15-6-5-14(20)17(15)23-12-13-3-1-7-19-11-13;3-2(4,5)1(6)7/h1-4,7,10-11,14-15,17H,5-6,8-9,12H2;(H,6,7). The molecule has 2 bridgehead atoms. The van der Waals surface area contributed by atoms with Crippen molar-refractivity contribution in [2.24, 2.45) is 0 Å². The molecule has 1 amide bonds. The Kier molecular flexibility index (Phi) is 7.63. The van der Waals surface area contributed by atoms with Crippen LogP contribution in [0.15, 0.2) is 42.0 Å². The molecule has 0 aromatic carbocycles. The number of alkyl halides is 3. The van der Waals surface area contributed by atoms with E-state index < -0.39 is 12.1 Å². The van der Waals surface area contributed by atoms with Crippen molar-refractivity contribution in [2.75, 3.05) is 13.2 Å². The molecule has 0 spiro atoms. The van der Waals surface area contributed by atoms with Crippen molar-refractivity contribution in [3.05, 3.63) is 52.5 Å². The normalized spacial score (nSPS) is 22.9. The van der Waals surface area contributed by atoms with Gasteiger partial charge in [0.1, 0.15) is 6.10 Å². The van der Waals surface area contributed by atoms with Crippen LogP contribution in [0.3, 0.4) is 0 Å². The van der Waals surface area contributed by atoms with E-state index in [0.29, 0.717) is 19.8 Å². The molecular weight excluding hydrogens is 437 g/mol. The number of nitrogens with zero attached hydrogens (tertiary/aromatic N) is 2. The highest BCUT2D eigenvalue weighted by atomic mass is 32.1. The average molecular weight is 458 g/mol. The number of fused-ring (bicyclic) bond motifs is 2. The van der Waals surface area contributed by atoms with Gasteiger partial charge in [-0.25, -0.2) is 4.79 Å². The third kappa shape index (κ3) is 6.02. The van der Waals surface area contributed by atoms with Gasteiger partial charge < -0.3 is 19.5 Å². The number of aromatic nitrogens is 1. The summed E-state index contributed by atoms with van der Waals surface area (Å²) in [6.07, 6.45) is 0.359. The van der Waals surface area contributed by atoms with Crippen molar-refractivity contribution < 1.29 is 37.3 Å². The Morgan fingerprint density at radius 3 is 2.68 bits per heavy atom. The SMILES string of the molecule is O=C(O)C(F)(F)F.O=C(c1cccs1)N1CCOC2CCC1C2OCc1cccnc1. The van der Waals surface area contributed by atoms with E-state index in [1.54, 1.807) is 6.20 Å². The predicted octanol–water partition coefficient (Wildman–Crippen LogP) is 3.37. The number of carbonyl (C=O) groups excluding carboxylic acids is 1. The highest BCUT2D eigenvalue weighted by Crippen LogP contribution is 2.33. The second kappa shape index (κ2) is 10.2. The molecule has 1 saturated carbocycles. The molecule has 31 heavy (non-hydrogen) atoms. The van der Waals surface area contributed by atoms with E-state index in [2.05, 4.69) is 4.98 Å². The number of aliphatic carboxylic acids is 1. The molecule has 0 radical (unpaired) electrons. The molecule has 2 aromatic heterocycles. The highest BCUT2D eigenvalue weighted by molar-refractivity contribution is 7.12. The number of carboxylic acid groups (broad SMARTS) is 1. The first-order valence-corrected chi connectivity index (χ1v) is 10.4. The summed E-state index contributed by atoms with van der Waals surface area (Å²) in [5.41, 5.74) is 1.04. The molecule has 1 aliphatic carbocycles. The van der Waals surface area contributed by atoms with Crippen LogP contribution in [0.2, 0.25) is 0 Å². The molecule has 3 atom stereocenters. The summed E-state index contributed by atoms with van der Waals surface area (Å²) in [6, 6.07) is 7.80. The number of halogens is 3. The number of hydrogen-bond donors (Lipinski definition) is 1. The maximum Gasteiger partial charge on any atom is 0.490 e. The van der Waals surface area contributed by atoms with E-state index in [1.165, 1.54) is 11.3 Å². The Morgan fingerprint density at radius 2 is 2.06 bits per heavy atom. The number of thiophene rings is 1. The fraction of sp³-hybridized carbons (Fsp3) is 0.450. The maximum absolute atomic E-state index is 12.8. The Balaban J connectivity index is 0.000000339. The number of carbonyl (C=O) groups is 2. The lowest BCUT2D eigenvalue weighted by molar-refractivity contribution is -0.192. The van der Waals surface area contributed by atoms with Gasteiger partial charge in [0, 0.05) is 18.9 Å². The molecule has 168 valence electrons. The smallest absolute Gasteiger partial charge is 0.475 e. The van der Waals surface area contributed by atoms with Crippen LogP contribution in [0.4, 0.5) is 13.2 Å². The summed E-state index contributed by atoms with van der Waals surface area (Å²) in [5.74, 6) is -2.66. The zero-order valence-corrected chi connectivity index (χ0v) is 17.1.